The number of morpholine rings is 1. The van der Waals surface area contributed by atoms with Crippen LogP contribution in [0, 0.1) is 17.1 Å². The lowest BCUT2D eigenvalue weighted by Gasteiger charge is -2.29. The zero-order valence-electron chi connectivity index (χ0n) is 11.7. The second-order valence-corrected chi connectivity index (χ2v) is 5.15. The fraction of sp³-hybridized carbons (Fsp3) is 0.533. The van der Waals surface area contributed by atoms with Crippen molar-refractivity contribution >= 4 is 0 Å². The summed E-state index contributed by atoms with van der Waals surface area (Å²) < 4.78 is 18.6. The van der Waals surface area contributed by atoms with Gasteiger partial charge in [0.2, 0.25) is 0 Å². The molecule has 0 bridgehead atoms. The highest BCUT2D eigenvalue weighted by Gasteiger charge is 2.13. The number of nitriles is 1. The second-order valence-electron chi connectivity index (χ2n) is 5.15. The summed E-state index contributed by atoms with van der Waals surface area (Å²) in [4.78, 5) is 2.35. The summed E-state index contributed by atoms with van der Waals surface area (Å²) in [6.07, 6.45) is 0. The van der Waals surface area contributed by atoms with Crippen LogP contribution in [0.2, 0.25) is 0 Å². The number of benzene rings is 1. The molecule has 1 aromatic carbocycles. The smallest absolute Gasteiger partial charge is 0.124 e. The highest BCUT2D eigenvalue weighted by Crippen LogP contribution is 2.09. The van der Waals surface area contributed by atoms with Gasteiger partial charge in [-0.05, 0) is 30.7 Å². The SMILES string of the molecule is CC(CN1CCOCC1)NCc1cc(F)cc(C#N)c1. The predicted molar refractivity (Wildman–Crippen MR) is 74.7 cm³/mol. The van der Waals surface area contributed by atoms with E-state index in [1.165, 1.54) is 12.1 Å². The summed E-state index contributed by atoms with van der Waals surface area (Å²) in [6.45, 7) is 7.14. The molecule has 1 aromatic rings. The Morgan fingerprint density at radius 3 is 2.85 bits per heavy atom. The molecule has 108 valence electrons. The molecule has 1 heterocycles. The second kappa shape index (κ2) is 7.34. The predicted octanol–water partition coefficient (Wildman–Crippen LogP) is 1.51. The number of ether oxygens (including phenoxy) is 1. The van der Waals surface area contributed by atoms with Gasteiger partial charge in [0.15, 0.2) is 0 Å². The van der Waals surface area contributed by atoms with Crippen LogP contribution < -0.4 is 5.32 Å². The topological polar surface area (TPSA) is 48.3 Å². The zero-order chi connectivity index (χ0) is 14.4. The summed E-state index contributed by atoms with van der Waals surface area (Å²) in [6, 6.07) is 6.72. The van der Waals surface area contributed by atoms with Crippen molar-refractivity contribution in [2.75, 3.05) is 32.8 Å². The van der Waals surface area contributed by atoms with Crippen molar-refractivity contribution in [2.24, 2.45) is 0 Å². The van der Waals surface area contributed by atoms with Crippen LogP contribution in [0.15, 0.2) is 18.2 Å². The molecule has 20 heavy (non-hydrogen) atoms. The molecule has 4 nitrogen and oxygen atoms in total. The first kappa shape index (κ1) is 14.9. The maximum atomic E-state index is 13.3. The number of halogens is 1. The van der Waals surface area contributed by atoms with Crippen LogP contribution in [-0.4, -0.2) is 43.8 Å². The van der Waals surface area contributed by atoms with E-state index in [1.54, 1.807) is 6.07 Å². The summed E-state index contributed by atoms with van der Waals surface area (Å²) >= 11 is 0. The minimum absolute atomic E-state index is 0.307. The largest absolute Gasteiger partial charge is 0.379 e. The standard InChI is InChI=1S/C15H20FN3O/c1-12(11-19-2-4-20-5-3-19)18-10-14-6-13(9-17)7-15(16)8-14/h6-8,12,18H,2-5,10-11H2,1H3. The van der Waals surface area contributed by atoms with Crippen LogP contribution in [0.3, 0.4) is 0 Å². The van der Waals surface area contributed by atoms with Crippen molar-refractivity contribution in [1.29, 1.82) is 5.26 Å². The minimum atomic E-state index is -0.360. The van der Waals surface area contributed by atoms with Crippen LogP contribution in [-0.2, 0) is 11.3 Å². The molecule has 1 aliphatic rings. The first-order valence-electron chi connectivity index (χ1n) is 6.90. The number of hydrogen-bond donors (Lipinski definition) is 1. The quantitative estimate of drug-likeness (QED) is 0.886. The summed E-state index contributed by atoms with van der Waals surface area (Å²) in [5.74, 6) is -0.360. The van der Waals surface area contributed by atoms with Gasteiger partial charge in [-0.15, -0.1) is 0 Å². The molecule has 1 aliphatic heterocycles. The number of nitrogens with zero attached hydrogens (tertiary/aromatic N) is 2. The first-order chi connectivity index (χ1) is 9.67. The molecule has 0 saturated carbocycles. The maximum Gasteiger partial charge on any atom is 0.124 e. The minimum Gasteiger partial charge on any atom is -0.379 e. The highest BCUT2D eigenvalue weighted by molar-refractivity contribution is 5.33. The highest BCUT2D eigenvalue weighted by atomic mass is 19.1. The Kier molecular flexibility index (Phi) is 5.48. The molecule has 1 saturated heterocycles. The number of rotatable bonds is 5. The molecule has 1 fully saturated rings. The fourth-order valence-corrected chi connectivity index (χ4v) is 2.34. The van der Waals surface area contributed by atoms with Crippen molar-refractivity contribution < 1.29 is 9.13 Å². The Labute approximate surface area is 119 Å². The van der Waals surface area contributed by atoms with E-state index in [0.717, 1.165) is 38.4 Å². The molecule has 2 rings (SSSR count). The molecule has 5 heteroatoms. The van der Waals surface area contributed by atoms with E-state index >= 15 is 0 Å². The maximum absolute atomic E-state index is 13.3. The van der Waals surface area contributed by atoms with Crippen molar-refractivity contribution in [3.05, 3.63) is 35.1 Å². The Bertz CT molecular complexity index is 480. The van der Waals surface area contributed by atoms with Crippen LogP contribution in [0.5, 0.6) is 0 Å². The van der Waals surface area contributed by atoms with Crippen LogP contribution >= 0.6 is 0 Å². The molecular weight excluding hydrogens is 257 g/mol. The van der Waals surface area contributed by atoms with E-state index in [9.17, 15) is 4.39 Å². The molecule has 1 N–H and O–H groups in total. The fourth-order valence-electron chi connectivity index (χ4n) is 2.34. The van der Waals surface area contributed by atoms with Crippen molar-refractivity contribution in [2.45, 2.75) is 19.5 Å². The third-order valence-corrected chi connectivity index (χ3v) is 3.38. The van der Waals surface area contributed by atoms with Crippen molar-refractivity contribution in [3.8, 4) is 6.07 Å². The van der Waals surface area contributed by atoms with E-state index in [-0.39, 0.29) is 5.82 Å². The molecule has 1 atom stereocenters. The molecular formula is C15H20FN3O. The summed E-state index contributed by atoms with van der Waals surface area (Å²) in [7, 11) is 0. The lowest BCUT2D eigenvalue weighted by molar-refractivity contribution is 0.0343. The van der Waals surface area contributed by atoms with E-state index in [4.69, 9.17) is 10.00 Å². The van der Waals surface area contributed by atoms with Gasteiger partial charge in [-0.25, -0.2) is 4.39 Å². The number of hydrogen-bond acceptors (Lipinski definition) is 4. The zero-order valence-corrected chi connectivity index (χ0v) is 11.7. The molecule has 1 unspecified atom stereocenters. The Hall–Kier alpha value is -1.48. The Morgan fingerprint density at radius 1 is 1.40 bits per heavy atom. The van der Waals surface area contributed by atoms with Gasteiger partial charge in [0.25, 0.3) is 0 Å². The first-order valence-corrected chi connectivity index (χ1v) is 6.90. The van der Waals surface area contributed by atoms with E-state index in [0.29, 0.717) is 18.2 Å². The van der Waals surface area contributed by atoms with Gasteiger partial charge in [-0.1, -0.05) is 0 Å². The molecule has 0 radical (unpaired) electrons. The Morgan fingerprint density at radius 2 is 2.15 bits per heavy atom. The van der Waals surface area contributed by atoms with E-state index < -0.39 is 0 Å². The third kappa shape index (κ3) is 4.57. The number of nitrogens with one attached hydrogen (secondary N) is 1. The normalized spacial score (nSPS) is 17.6. The van der Waals surface area contributed by atoms with Crippen molar-refractivity contribution in [1.82, 2.24) is 10.2 Å². The van der Waals surface area contributed by atoms with Crippen LogP contribution in [0.1, 0.15) is 18.1 Å². The van der Waals surface area contributed by atoms with E-state index in [1.807, 2.05) is 6.07 Å². The van der Waals surface area contributed by atoms with E-state index in [2.05, 4.69) is 17.1 Å². The van der Waals surface area contributed by atoms with Gasteiger partial charge in [-0.3, -0.25) is 4.90 Å². The Balaban J connectivity index is 1.82. The molecule has 0 aliphatic carbocycles. The summed E-state index contributed by atoms with van der Waals surface area (Å²) in [5.41, 5.74) is 1.16. The van der Waals surface area contributed by atoms with Gasteiger partial charge in [0.05, 0.1) is 24.8 Å². The molecule has 0 spiro atoms. The lowest BCUT2D eigenvalue weighted by atomic mass is 10.1. The molecule has 0 aromatic heterocycles. The van der Waals surface area contributed by atoms with Gasteiger partial charge in [-0.2, -0.15) is 5.26 Å². The van der Waals surface area contributed by atoms with Gasteiger partial charge < -0.3 is 10.1 Å². The van der Waals surface area contributed by atoms with Crippen LogP contribution in [0.25, 0.3) is 0 Å². The van der Waals surface area contributed by atoms with Gasteiger partial charge in [0.1, 0.15) is 5.82 Å². The van der Waals surface area contributed by atoms with Gasteiger partial charge >= 0.3 is 0 Å². The monoisotopic (exact) mass is 277 g/mol. The van der Waals surface area contributed by atoms with Crippen LogP contribution in [0.4, 0.5) is 4.39 Å². The molecule has 0 amide bonds. The third-order valence-electron chi connectivity index (χ3n) is 3.38. The summed E-state index contributed by atoms with van der Waals surface area (Å²) in [5, 5.41) is 12.2. The average molecular weight is 277 g/mol. The van der Waals surface area contributed by atoms with Crippen molar-refractivity contribution in [3.63, 3.8) is 0 Å². The van der Waals surface area contributed by atoms with Gasteiger partial charge in [0, 0.05) is 32.2 Å². The lowest BCUT2D eigenvalue weighted by Crippen LogP contribution is -2.44. The average Bonchev–Trinajstić information content (AvgIpc) is 2.45.